The van der Waals surface area contributed by atoms with Gasteiger partial charge in [-0.05, 0) is 46.0 Å². The molecule has 9 nitrogen and oxygen atoms in total. The first-order valence-corrected chi connectivity index (χ1v) is 10.7. The van der Waals surface area contributed by atoms with Crippen LogP contribution in [0.15, 0.2) is 30.3 Å². The minimum Gasteiger partial charge on any atom is -0.480 e. The number of hydrogen-bond donors (Lipinski definition) is 3. The Hall–Kier alpha value is -2.59. The first-order chi connectivity index (χ1) is 15.0. The predicted molar refractivity (Wildman–Crippen MR) is 119 cm³/mol. The van der Waals surface area contributed by atoms with E-state index in [0.717, 1.165) is 5.56 Å². The Morgan fingerprint density at radius 2 is 1.69 bits per heavy atom. The number of alkyl carbamates (subject to hydrolysis) is 1. The van der Waals surface area contributed by atoms with Gasteiger partial charge in [-0.25, -0.2) is 9.59 Å². The molecular formula is C22H33BN2O7. The normalized spacial score (nSPS) is 18.5. The van der Waals surface area contributed by atoms with E-state index in [0.29, 0.717) is 12.7 Å². The molecule has 1 aliphatic heterocycles. The number of carbonyl (C=O) groups excluding carboxylic acids is 2. The summed E-state index contributed by atoms with van der Waals surface area (Å²) in [4.78, 5) is 36.5. The number of carboxylic acids is 1. The second kappa shape index (κ2) is 10.8. The number of benzene rings is 1. The van der Waals surface area contributed by atoms with Gasteiger partial charge in [0.15, 0.2) is 0 Å². The van der Waals surface area contributed by atoms with Crippen LogP contribution in [-0.2, 0) is 30.2 Å². The first-order valence-electron chi connectivity index (χ1n) is 10.7. The van der Waals surface area contributed by atoms with E-state index in [2.05, 4.69) is 10.6 Å². The third-order valence-electron chi connectivity index (χ3n) is 5.99. The molecule has 0 aromatic heterocycles. The van der Waals surface area contributed by atoms with Gasteiger partial charge in [-0.1, -0.05) is 36.8 Å². The number of carboxylic acid groups (broad SMARTS) is 1. The summed E-state index contributed by atoms with van der Waals surface area (Å²) in [6.45, 7) is 7.79. The highest BCUT2D eigenvalue weighted by Crippen LogP contribution is 2.38. The van der Waals surface area contributed by atoms with Crippen molar-refractivity contribution in [1.82, 2.24) is 10.6 Å². The maximum absolute atomic E-state index is 12.4. The summed E-state index contributed by atoms with van der Waals surface area (Å²) in [5.41, 5.74) is -0.170. The summed E-state index contributed by atoms with van der Waals surface area (Å²) in [5, 5.41) is 14.5. The minimum atomic E-state index is -1.43. The lowest BCUT2D eigenvalue weighted by Gasteiger charge is -2.32. The molecule has 1 aliphatic rings. The maximum Gasteiger partial charge on any atom is 0.457 e. The standard InChI is InChI=1S/C22H33BN2O7/c1-21(2)22(3,4)32-23(31-21)13-9-12-16(18(26)24-5)17(19(27)28)25-20(29)30-14-15-10-7-6-8-11-15/h6-8,10-11,16-17H,9,12-14H2,1-5H3,(H,24,26)(H,25,29)(H,27,28). The van der Waals surface area contributed by atoms with Crippen LogP contribution in [0.1, 0.15) is 46.1 Å². The fraction of sp³-hybridized carbons (Fsp3) is 0.591. The fourth-order valence-corrected chi connectivity index (χ4v) is 3.45. The van der Waals surface area contributed by atoms with Crippen LogP contribution in [0.3, 0.4) is 0 Å². The summed E-state index contributed by atoms with van der Waals surface area (Å²) in [5.74, 6) is -2.77. The third-order valence-corrected chi connectivity index (χ3v) is 5.99. The average Bonchev–Trinajstić information content (AvgIpc) is 2.94. The van der Waals surface area contributed by atoms with Crippen LogP contribution in [0.4, 0.5) is 4.79 Å². The molecule has 3 N–H and O–H groups in total. The van der Waals surface area contributed by atoms with Crippen LogP contribution in [0, 0.1) is 5.92 Å². The molecule has 2 amide bonds. The molecular weight excluding hydrogens is 415 g/mol. The Kier molecular flexibility index (Phi) is 8.69. The monoisotopic (exact) mass is 448 g/mol. The molecule has 10 heteroatoms. The van der Waals surface area contributed by atoms with Crippen molar-refractivity contribution in [2.24, 2.45) is 5.92 Å². The molecule has 2 rings (SSSR count). The molecule has 2 atom stereocenters. The minimum absolute atomic E-state index is 0.00835. The van der Waals surface area contributed by atoms with Crippen molar-refractivity contribution in [2.75, 3.05) is 7.05 Å². The van der Waals surface area contributed by atoms with Crippen molar-refractivity contribution in [2.45, 2.75) is 70.7 Å². The van der Waals surface area contributed by atoms with Crippen LogP contribution >= 0.6 is 0 Å². The van der Waals surface area contributed by atoms with E-state index in [1.165, 1.54) is 7.05 Å². The van der Waals surface area contributed by atoms with Gasteiger partial charge < -0.3 is 29.8 Å². The lowest BCUT2D eigenvalue weighted by atomic mass is 9.80. The van der Waals surface area contributed by atoms with E-state index in [1.807, 2.05) is 33.8 Å². The number of carbonyl (C=O) groups is 3. The van der Waals surface area contributed by atoms with E-state index in [-0.39, 0.29) is 13.0 Å². The zero-order chi connectivity index (χ0) is 23.9. The van der Waals surface area contributed by atoms with Gasteiger partial charge in [0.25, 0.3) is 0 Å². The van der Waals surface area contributed by atoms with Gasteiger partial charge in [0.05, 0.1) is 17.1 Å². The average molecular weight is 448 g/mol. The molecule has 0 bridgehead atoms. The number of hydrogen-bond acceptors (Lipinski definition) is 6. The molecule has 1 saturated heterocycles. The van der Waals surface area contributed by atoms with Gasteiger partial charge in [-0.2, -0.15) is 0 Å². The first kappa shape index (κ1) is 25.7. The van der Waals surface area contributed by atoms with Crippen molar-refractivity contribution >= 4 is 25.1 Å². The largest absolute Gasteiger partial charge is 0.480 e. The molecule has 32 heavy (non-hydrogen) atoms. The number of amides is 2. The van der Waals surface area contributed by atoms with Crippen LogP contribution in [0.25, 0.3) is 0 Å². The second-order valence-electron chi connectivity index (χ2n) is 8.86. The number of ether oxygens (including phenoxy) is 1. The van der Waals surface area contributed by atoms with E-state index in [4.69, 9.17) is 14.0 Å². The van der Waals surface area contributed by atoms with E-state index in [1.54, 1.807) is 24.3 Å². The Morgan fingerprint density at radius 1 is 1.09 bits per heavy atom. The molecule has 1 aromatic rings. The van der Waals surface area contributed by atoms with Gasteiger partial charge in [0, 0.05) is 7.05 Å². The molecule has 0 radical (unpaired) electrons. The molecule has 1 heterocycles. The Morgan fingerprint density at radius 3 is 2.22 bits per heavy atom. The Balaban J connectivity index is 1.96. The fourth-order valence-electron chi connectivity index (χ4n) is 3.45. The van der Waals surface area contributed by atoms with Gasteiger partial charge in [-0.3, -0.25) is 4.79 Å². The van der Waals surface area contributed by atoms with Crippen molar-refractivity contribution in [3.63, 3.8) is 0 Å². The van der Waals surface area contributed by atoms with Crippen molar-refractivity contribution in [1.29, 1.82) is 0 Å². The van der Waals surface area contributed by atoms with E-state index in [9.17, 15) is 19.5 Å². The summed E-state index contributed by atoms with van der Waals surface area (Å²) >= 11 is 0. The van der Waals surface area contributed by atoms with Gasteiger partial charge >= 0.3 is 19.2 Å². The summed E-state index contributed by atoms with van der Waals surface area (Å²) in [7, 11) is 0.980. The summed E-state index contributed by atoms with van der Waals surface area (Å²) < 4.78 is 17.0. The van der Waals surface area contributed by atoms with Gasteiger partial charge in [0.1, 0.15) is 12.6 Å². The molecule has 2 unspecified atom stereocenters. The summed E-state index contributed by atoms with van der Waals surface area (Å²) in [6, 6.07) is 7.57. The molecule has 0 spiro atoms. The van der Waals surface area contributed by atoms with E-state index >= 15 is 0 Å². The molecule has 0 saturated carbocycles. The van der Waals surface area contributed by atoms with Gasteiger partial charge in [-0.15, -0.1) is 0 Å². The van der Waals surface area contributed by atoms with Crippen LogP contribution in [0.5, 0.6) is 0 Å². The Bertz CT molecular complexity index is 785. The van der Waals surface area contributed by atoms with Crippen molar-refractivity contribution in [3.05, 3.63) is 35.9 Å². The highest BCUT2D eigenvalue weighted by molar-refractivity contribution is 6.45. The molecule has 176 valence electrons. The highest BCUT2D eigenvalue weighted by Gasteiger charge is 2.50. The molecule has 0 aliphatic carbocycles. The molecule has 1 fully saturated rings. The third kappa shape index (κ3) is 6.70. The summed E-state index contributed by atoms with van der Waals surface area (Å²) in [6.07, 6.45) is 0.283. The Labute approximate surface area is 189 Å². The zero-order valence-electron chi connectivity index (χ0n) is 19.3. The number of nitrogens with one attached hydrogen (secondary N) is 2. The predicted octanol–water partition coefficient (Wildman–Crippen LogP) is 2.60. The number of rotatable bonds is 10. The smallest absolute Gasteiger partial charge is 0.457 e. The van der Waals surface area contributed by atoms with Crippen molar-refractivity contribution < 1.29 is 33.5 Å². The van der Waals surface area contributed by atoms with E-state index < -0.39 is 48.2 Å². The topological polar surface area (TPSA) is 123 Å². The maximum atomic E-state index is 12.4. The van der Waals surface area contributed by atoms with Crippen molar-refractivity contribution in [3.8, 4) is 0 Å². The van der Waals surface area contributed by atoms with Crippen LogP contribution in [0.2, 0.25) is 6.32 Å². The second-order valence-corrected chi connectivity index (χ2v) is 8.86. The zero-order valence-corrected chi connectivity index (χ0v) is 19.3. The number of aliphatic carboxylic acids is 1. The quantitative estimate of drug-likeness (QED) is 0.470. The van der Waals surface area contributed by atoms with Gasteiger partial charge in [0.2, 0.25) is 5.91 Å². The van der Waals surface area contributed by atoms with Crippen LogP contribution in [-0.4, -0.2) is 54.5 Å². The SMILES string of the molecule is CNC(=O)C(CCCB1OC(C)(C)C(C)(C)O1)C(NC(=O)OCc1ccccc1)C(=O)O. The lowest BCUT2D eigenvalue weighted by Crippen LogP contribution is -2.50. The highest BCUT2D eigenvalue weighted by atomic mass is 16.7. The lowest BCUT2D eigenvalue weighted by molar-refractivity contribution is -0.144. The molecule has 1 aromatic carbocycles. The van der Waals surface area contributed by atoms with Crippen LogP contribution < -0.4 is 10.6 Å².